The predicted molar refractivity (Wildman–Crippen MR) is 60.9 cm³/mol. The topological polar surface area (TPSA) is 39.2 Å². The van der Waals surface area contributed by atoms with Gasteiger partial charge in [-0.1, -0.05) is 6.07 Å². The van der Waals surface area contributed by atoms with E-state index in [1.807, 2.05) is 0 Å². The van der Waals surface area contributed by atoms with Crippen LogP contribution in [0.25, 0.3) is 0 Å². The van der Waals surface area contributed by atoms with Crippen molar-refractivity contribution in [3.8, 4) is 0 Å². The highest BCUT2D eigenvalue weighted by Crippen LogP contribution is 2.57. The van der Waals surface area contributed by atoms with Crippen molar-refractivity contribution in [2.45, 2.75) is 12.8 Å². The van der Waals surface area contributed by atoms with E-state index in [0.717, 1.165) is 0 Å². The molecule has 1 aromatic rings. The molecule has 0 saturated carbocycles. The molecular weight excluding hydrogens is 284 g/mol. The fourth-order valence-electron chi connectivity index (χ4n) is 1.12. The lowest BCUT2D eigenvalue weighted by atomic mass is 10.4. The fourth-order valence-corrected chi connectivity index (χ4v) is 2.74. The predicted octanol–water partition coefficient (Wildman–Crippen LogP) is 3.76. The van der Waals surface area contributed by atoms with Gasteiger partial charge in [0.2, 0.25) is 13.3 Å². The molecule has 1 rings (SSSR count). The number of hydrogen-bond acceptors (Lipinski definition) is 3. The molecule has 6 heteroatoms. The molecule has 1 heterocycles. The van der Waals surface area contributed by atoms with E-state index >= 15 is 0 Å². The highest BCUT2D eigenvalue weighted by Gasteiger charge is 2.31. The number of pyridine rings is 1. The monoisotopic (exact) mass is 295 g/mol. The van der Waals surface area contributed by atoms with Gasteiger partial charge >= 0.3 is 0 Å². The van der Waals surface area contributed by atoms with E-state index in [1.165, 1.54) is 12.7 Å². The minimum Gasteiger partial charge on any atom is -0.327 e. The van der Waals surface area contributed by atoms with Crippen LogP contribution in [0.1, 0.15) is 18.5 Å². The Labute approximate surface area is 96.6 Å². The number of hydrogen-bond donors (Lipinski definition) is 0. The molecule has 0 aliphatic carbocycles. The molecular formula is C9H12BrFNO2P. The first-order valence-corrected chi connectivity index (χ1v) is 7.39. The zero-order valence-corrected chi connectivity index (χ0v) is 11.0. The normalized spacial score (nSPS) is 17.1. The molecule has 0 bridgehead atoms. The molecule has 1 aromatic heterocycles. The second-order valence-corrected chi connectivity index (χ2v) is 6.39. The average molecular weight is 296 g/mol. The molecule has 2 unspecified atom stereocenters. The molecule has 0 aromatic carbocycles. The highest BCUT2D eigenvalue weighted by molar-refractivity contribution is 9.10. The van der Waals surface area contributed by atoms with Gasteiger partial charge in [0, 0.05) is 6.66 Å². The maximum absolute atomic E-state index is 13.8. The van der Waals surface area contributed by atoms with Crippen LogP contribution in [0.5, 0.6) is 0 Å². The number of nitrogens with zero attached hydrogens (tertiary/aromatic N) is 1. The van der Waals surface area contributed by atoms with Crippen LogP contribution in [-0.4, -0.2) is 18.3 Å². The molecule has 84 valence electrons. The van der Waals surface area contributed by atoms with Crippen LogP contribution < -0.4 is 0 Å². The third-order valence-electron chi connectivity index (χ3n) is 1.78. The van der Waals surface area contributed by atoms with Crippen molar-refractivity contribution in [2.75, 3.05) is 13.3 Å². The van der Waals surface area contributed by atoms with Gasteiger partial charge in [0.25, 0.3) is 0 Å². The Balaban J connectivity index is 2.94. The van der Waals surface area contributed by atoms with Crippen LogP contribution >= 0.6 is 23.3 Å². The van der Waals surface area contributed by atoms with Crippen molar-refractivity contribution in [2.24, 2.45) is 0 Å². The molecule has 0 N–H and O–H groups in total. The van der Waals surface area contributed by atoms with Gasteiger partial charge in [-0.25, -0.2) is 9.37 Å². The van der Waals surface area contributed by atoms with E-state index in [-0.39, 0.29) is 12.3 Å². The lowest BCUT2D eigenvalue weighted by Crippen LogP contribution is -2.00. The lowest BCUT2D eigenvalue weighted by Gasteiger charge is -2.16. The molecule has 3 nitrogen and oxygen atoms in total. The third-order valence-corrected chi connectivity index (χ3v) is 4.08. The molecule has 0 aliphatic rings. The minimum atomic E-state index is -3.28. The molecule has 15 heavy (non-hydrogen) atoms. The van der Waals surface area contributed by atoms with E-state index in [4.69, 9.17) is 4.52 Å². The van der Waals surface area contributed by atoms with Crippen LogP contribution in [-0.2, 0) is 9.09 Å². The van der Waals surface area contributed by atoms with Crippen LogP contribution in [0.3, 0.4) is 0 Å². The summed E-state index contributed by atoms with van der Waals surface area (Å²) >= 11 is 3.13. The van der Waals surface area contributed by atoms with Gasteiger partial charge in [-0.05, 0) is 35.0 Å². The second-order valence-electron chi connectivity index (χ2n) is 3.05. The number of rotatable bonds is 4. The summed E-state index contributed by atoms with van der Waals surface area (Å²) in [6.07, 6.45) is 0. The highest BCUT2D eigenvalue weighted by atomic mass is 79.9. The standard InChI is InChI=1S/C9H12BrFNO2P/c1-3-14-15(2,13)9(11)7-5-4-6-8(10)12-7/h4-6,9H,3H2,1-2H3. The lowest BCUT2D eigenvalue weighted by molar-refractivity contribution is 0.296. The molecule has 0 saturated heterocycles. The maximum Gasteiger partial charge on any atom is 0.239 e. The Hall–Kier alpha value is -0.250. The zero-order chi connectivity index (χ0) is 11.5. The van der Waals surface area contributed by atoms with Crippen molar-refractivity contribution in [3.63, 3.8) is 0 Å². The van der Waals surface area contributed by atoms with Gasteiger partial charge in [0.05, 0.1) is 12.3 Å². The fraction of sp³-hybridized carbons (Fsp3) is 0.444. The largest absolute Gasteiger partial charge is 0.327 e. The zero-order valence-electron chi connectivity index (χ0n) is 8.48. The van der Waals surface area contributed by atoms with Crippen molar-refractivity contribution >= 4 is 23.3 Å². The van der Waals surface area contributed by atoms with E-state index < -0.39 is 13.3 Å². The summed E-state index contributed by atoms with van der Waals surface area (Å²) in [6, 6.07) is 4.81. The van der Waals surface area contributed by atoms with Gasteiger partial charge in [-0.15, -0.1) is 0 Å². The average Bonchev–Trinajstić information content (AvgIpc) is 2.16. The van der Waals surface area contributed by atoms with Crippen LogP contribution in [0, 0.1) is 0 Å². The van der Waals surface area contributed by atoms with E-state index in [2.05, 4.69) is 20.9 Å². The molecule has 0 radical (unpaired) electrons. The minimum absolute atomic E-state index is 0.128. The molecule has 0 aliphatic heterocycles. The van der Waals surface area contributed by atoms with E-state index in [1.54, 1.807) is 19.1 Å². The molecule has 0 fully saturated rings. The first-order chi connectivity index (χ1) is 6.97. The van der Waals surface area contributed by atoms with Gasteiger partial charge in [0.15, 0.2) is 0 Å². The Bertz CT molecular complexity index is 388. The SMILES string of the molecule is CCOP(C)(=O)C(F)c1cccc(Br)n1. The summed E-state index contributed by atoms with van der Waals surface area (Å²) in [5.41, 5.74) is 0.128. The van der Waals surface area contributed by atoms with E-state index in [0.29, 0.717) is 4.60 Å². The number of halogens is 2. The van der Waals surface area contributed by atoms with Gasteiger partial charge in [0.1, 0.15) is 4.60 Å². The Morgan fingerprint density at radius 1 is 1.67 bits per heavy atom. The summed E-state index contributed by atoms with van der Waals surface area (Å²) in [7, 11) is -3.28. The van der Waals surface area contributed by atoms with Crippen molar-refractivity contribution < 1.29 is 13.5 Å². The first kappa shape index (κ1) is 12.8. The first-order valence-electron chi connectivity index (χ1n) is 4.45. The van der Waals surface area contributed by atoms with E-state index in [9.17, 15) is 8.96 Å². The van der Waals surface area contributed by atoms with Gasteiger partial charge in [-0.2, -0.15) is 0 Å². The number of aromatic nitrogens is 1. The van der Waals surface area contributed by atoms with Crippen molar-refractivity contribution in [1.29, 1.82) is 0 Å². The summed E-state index contributed by atoms with van der Waals surface area (Å²) in [5, 5.41) is 0. The summed E-state index contributed by atoms with van der Waals surface area (Å²) < 4.78 is 31.0. The Morgan fingerprint density at radius 3 is 2.87 bits per heavy atom. The van der Waals surface area contributed by atoms with Gasteiger partial charge < -0.3 is 4.52 Å². The summed E-state index contributed by atoms with van der Waals surface area (Å²) in [6.45, 7) is 3.18. The van der Waals surface area contributed by atoms with Crippen molar-refractivity contribution in [3.05, 3.63) is 28.5 Å². The maximum atomic E-state index is 13.8. The smallest absolute Gasteiger partial charge is 0.239 e. The Kier molecular flexibility index (Phi) is 4.44. The Morgan fingerprint density at radius 2 is 2.33 bits per heavy atom. The molecule has 2 atom stereocenters. The van der Waals surface area contributed by atoms with Crippen LogP contribution in [0.2, 0.25) is 0 Å². The second kappa shape index (κ2) is 5.19. The van der Waals surface area contributed by atoms with Crippen molar-refractivity contribution in [1.82, 2.24) is 4.98 Å². The third kappa shape index (κ3) is 3.37. The van der Waals surface area contributed by atoms with Crippen LogP contribution in [0.15, 0.2) is 22.8 Å². The molecule has 0 spiro atoms. The quantitative estimate of drug-likeness (QED) is 0.627. The summed E-state index contributed by atoms with van der Waals surface area (Å²) in [5.74, 6) is -1.67. The number of alkyl halides is 1. The summed E-state index contributed by atoms with van der Waals surface area (Å²) in [4.78, 5) is 3.91. The van der Waals surface area contributed by atoms with Gasteiger partial charge in [-0.3, -0.25) is 4.57 Å². The van der Waals surface area contributed by atoms with Crippen LogP contribution in [0.4, 0.5) is 4.39 Å². The molecule has 0 amide bonds.